The van der Waals surface area contributed by atoms with Gasteiger partial charge in [-0.25, -0.2) is 9.37 Å². The van der Waals surface area contributed by atoms with Crippen LogP contribution in [0.3, 0.4) is 0 Å². The number of pyridine rings is 1. The monoisotopic (exact) mass is 265 g/mol. The molecule has 2 heterocycles. The van der Waals surface area contributed by atoms with E-state index in [2.05, 4.69) is 10.3 Å². The predicted octanol–water partition coefficient (Wildman–Crippen LogP) is 1.84. The number of anilines is 1. The van der Waals surface area contributed by atoms with Gasteiger partial charge >= 0.3 is 0 Å². The summed E-state index contributed by atoms with van der Waals surface area (Å²) in [6.45, 7) is 0.478. The summed E-state index contributed by atoms with van der Waals surface area (Å²) < 4.78 is 13.0. The molecule has 4 nitrogen and oxygen atoms in total. The van der Waals surface area contributed by atoms with E-state index in [0.29, 0.717) is 6.54 Å². The molecule has 0 fully saturated rings. The predicted molar refractivity (Wildman–Crippen MR) is 69.0 cm³/mol. The van der Waals surface area contributed by atoms with Gasteiger partial charge in [0.1, 0.15) is 11.6 Å². The molecule has 0 aliphatic carbocycles. The van der Waals surface area contributed by atoms with Gasteiger partial charge in [-0.1, -0.05) is 0 Å². The van der Waals surface area contributed by atoms with Gasteiger partial charge in [-0.3, -0.25) is 4.79 Å². The van der Waals surface area contributed by atoms with Crippen molar-refractivity contribution >= 4 is 23.1 Å². The number of nitrogens with zero attached hydrogens (tertiary/aromatic N) is 1. The number of nitrogens with two attached hydrogens (primary N) is 1. The number of aromatic nitrogens is 1. The van der Waals surface area contributed by atoms with Crippen molar-refractivity contribution < 1.29 is 9.18 Å². The lowest BCUT2D eigenvalue weighted by atomic mass is 10.2. The van der Waals surface area contributed by atoms with Gasteiger partial charge in [-0.2, -0.15) is 11.3 Å². The Morgan fingerprint density at radius 3 is 3.11 bits per heavy atom. The topological polar surface area (TPSA) is 68.0 Å². The molecule has 0 aliphatic rings. The van der Waals surface area contributed by atoms with Gasteiger partial charge in [-0.15, -0.1) is 0 Å². The first kappa shape index (κ1) is 12.5. The Morgan fingerprint density at radius 1 is 1.56 bits per heavy atom. The number of rotatable bonds is 4. The number of hydrogen-bond donors (Lipinski definition) is 2. The number of amides is 1. The lowest BCUT2D eigenvalue weighted by Gasteiger charge is -2.06. The highest BCUT2D eigenvalue weighted by Crippen LogP contribution is 2.10. The van der Waals surface area contributed by atoms with Crippen LogP contribution in [0.2, 0.25) is 0 Å². The molecule has 1 amide bonds. The molecule has 6 heteroatoms. The molecule has 0 spiro atoms. The number of nitrogen functional groups attached to an aromatic ring is 1. The molecule has 0 aromatic carbocycles. The number of carbonyl (C=O) groups is 1. The Morgan fingerprint density at radius 2 is 2.39 bits per heavy atom. The summed E-state index contributed by atoms with van der Waals surface area (Å²) in [7, 11) is 0. The highest BCUT2D eigenvalue weighted by molar-refractivity contribution is 7.07. The Hall–Kier alpha value is -1.95. The Balaban J connectivity index is 1.93. The largest absolute Gasteiger partial charge is 0.383 e. The van der Waals surface area contributed by atoms with Gasteiger partial charge in [-0.05, 0) is 34.9 Å². The fourth-order valence-corrected chi connectivity index (χ4v) is 2.19. The fraction of sp³-hybridized carbons (Fsp3) is 0.167. The van der Waals surface area contributed by atoms with Gasteiger partial charge < -0.3 is 11.1 Å². The van der Waals surface area contributed by atoms with Crippen molar-refractivity contribution in [1.29, 1.82) is 0 Å². The average molecular weight is 265 g/mol. The highest BCUT2D eigenvalue weighted by atomic mass is 32.1. The average Bonchev–Trinajstić information content (AvgIpc) is 2.85. The van der Waals surface area contributed by atoms with E-state index in [0.717, 1.165) is 24.2 Å². The molecule has 94 valence electrons. The maximum absolute atomic E-state index is 13.0. The Kier molecular flexibility index (Phi) is 3.88. The van der Waals surface area contributed by atoms with Crippen LogP contribution in [0.5, 0.6) is 0 Å². The van der Waals surface area contributed by atoms with E-state index >= 15 is 0 Å². The molecular weight excluding hydrogens is 253 g/mol. The van der Waals surface area contributed by atoms with Crippen molar-refractivity contribution in [2.24, 2.45) is 0 Å². The lowest BCUT2D eigenvalue weighted by Crippen LogP contribution is -2.26. The van der Waals surface area contributed by atoms with E-state index in [1.807, 2.05) is 16.8 Å². The fourth-order valence-electron chi connectivity index (χ4n) is 1.48. The first-order valence-electron chi connectivity index (χ1n) is 5.37. The summed E-state index contributed by atoms with van der Waals surface area (Å²) in [5, 5.41) is 6.68. The molecule has 0 saturated heterocycles. The molecule has 0 atom stereocenters. The van der Waals surface area contributed by atoms with Crippen LogP contribution >= 0.6 is 11.3 Å². The maximum atomic E-state index is 13.0. The zero-order chi connectivity index (χ0) is 13.0. The molecule has 0 aliphatic heterocycles. The summed E-state index contributed by atoms with van der Waals surface area (Å²) in [4.78, 5) is 15.4. The van der Waals surface area contributed by atoms with Crippen molar-refractivity contribution in [1.82, 2.24) is 10.3 Å². The van der Waals surface area contributed by atoms with Crippen LogP contribution in [0.25, 0.3) is 0 Å². The van der Waals surface area contributed by atoms with E-state index in [4.69, 9.17) is 5.73 Å². The standard InChI is InChI=1S/C12H12FN3OS/c13-9-5-10(11(14)16-6-9)12(17)15-3-1-8-2-4-18-7-8/h2,4-7H,1,3H2,(H2,14,16)(H,15,17). The molecule has 0 bridgehead atoms. The molecule has 18 heavy (non-hydrogen) atoms. The van der Waals surface area contributed by atoms with Crippen LogP contribution in [0.1, 0.15) is 15.9 Å². The van der Waals surface area contributed by atoms with Crippen molar-refractivity contribution in [3.8, 4) is 0 Å². The quantitative estimate of drug-likeness (QED) is 0.886. The van der Waals surface area contributed by atoms with Crippen molar-refractivity contribution in [3.63, 3.8) is 0 Å². The van der Waals surface area contributed by atoms with Crippen LogP contribution in [0.4, 0.5) is 10.2 Å². The van der Waals surface area contributed by atoms with Crippen LogP contribution in [0.15, 0.2) is 29.1 Å². The summed E-state index contributed by atoms with van der Waals surface area (Å²) in [5.41, 5.74) is 6.75. The first-order chi connectivity index (χ1) is 8.66. The number of carbonyl (C=O) groups excluding carboxylic acids is 1. The Bertz CT molecular complexity index is 542. The molecule has 2 aromatic heterocycles. The van der Waals surface area contributed by atoms with Gasteiger partial charge in [0.25, 0.3) is 5.91 Å². The molecule has 3 N–H and O–H groups in total. The van der Waals surface area contributed by atoms with Crippen LogP contribution < -0.4 is 11.1 Å². The first-order valence-corrected chi connectivity index (χ1v) is 6.31. The van der Waals surface area contributed by atoms with Crippen LogP contribution in [0, 0.1) is 5.82 Å². The van der Waals surface area contributed by atoms with Crippen molar-refractivity contribution in [2.75, 3.05) is 12.3 Å². The number of thiophene rings is 1. The van der Waals surface area contributed by atoms with Crippen molar-refractivity contribution in [3.05, 3.63) is 46.0 Å². The summed E-state index contributed by atoms with van der Waals surface area (Å²) in [5.74, 6) is -0.952. The highest BCUT2D eigenvalue weighted by Gasteiger charge is 2.11. The van der Waals surface area contributed by atoms with E-state index in [1.165, 1.54) is 0 Å². The molecular formula is C12H12FN3OS. The maximum Gasteiger partial charge on any atom is 0.255 e. The zero-order valence-electron chi connectivity index (χ0n) is 9.52. The molecule has 0 saturated carbocycles. The van der Waals surface area contributed by atoms with E-state index in [9.17, 15) is 9.18 Å². The second-order valence-electron chi connectivity index (χ2n) is 3.72. The minimum Gasteiger partial charge on any atom is -0.383 e. The zero-order valence-corrected chi connectivity index (χ0v) is 10.3. The minimum atomic E-state index is -0.577. The third-order valence-electron chi connectivity index (χ3n) is 2.41. The van der Waals surface area contributed by atoms with E-state index in [1.54, 1.807) is 11.3 Å². The normalized spacial score (nSPS) is 10.3. The van der Waals surface area contributed by atoms with Crippen LogP contribution in [-0.2, 0) is 6.42 Å². The van der Waals surface area contributed by atoms with Gasteiger partial charge in [0.05, 0.1) is 11.8 Å². The second kappa shape index (κ2) is 5.59. The van der Waals surface area contributed by atoms with E-state index < -0.39 is 11.7 Å². The number of nitrogens with one attached hydrogen (secondary N) is 1. The van der Waals surface area contributed by atoms with Gasteiger partial charge in [0.15, 0.2) is 0 Å². The summed E-state index contributed by atoms with van der Waals surface area (Å²) >= 11 is 1.61. The van der Waals surface area contributed by atoms with Gasteiger partial charge in [0.2, 0.25) is 0 Å². The van der Waals surface area contributed by atoms with Crippen LogP contribution in [-0.4, -0.2) is 17.4 Å². The SMILES string of the molecule is Nc1ncc(F)cc1C(=O)NCCc1ccsc1. The van der Waals surface area contributed by atoms with E-state index in [-0.39, 0.29) is 11.4 Å². The number of hydrogen-bond acceptors (Lipinski definition) is 4. The second-order valence-corrected chi connectivity index (χ2v) is 4.50. The molecule has 0 radical (unpaired) electrons. The summed E-state index contributed by atoms with van der Waals surface area (Å²) in [6.07, 6.45) is 1.72. The smallest absolute Gasteiger partial charge is 0.255 e. The minimum absolute atomic E-state index is 0.0319. The number of halogens is 1. The Labute approximate surface area is 108 Å². The third kappa shape index (κ3) is 3.04. The van der Waals surface area contributed by atoms with Gasteiger partial charge in [0, 0.05) is 6.54 Å². The molecule has 2 rings (SSSR count). The summed E-state index contributed by atoms with van der Waals surface area (Å²) in [6, 6.07) is 3.08. The van der Waals surface area contributed by atoms with Crippen molar-refractivity contribution in [2.45, 2.75) is 6.42 Å². The molecule has 2 aromatic rings. The molecule has 0 unspecified atom stereocenters. The lowest BCUT2D eigenvalue weighted by molar-refractivity contribution is 0.0954. The third-order valence-corrected chi connectivity index (χ3v) is 3.14.